The molecule has 8 nitrogen and oxygen atoms in total. The average Bonchev–Trinajstić information content (AvgIpc) is 3.47. The third kappa shape index (κ3) is 4.38. The largest absolute Gasteiger partial charge is 0.442 e. The fourth-order valence-electron chi connectivity index (χ4n) is 3.48. The van der Waals surface area contributed by atoms with Crippen molar-refractivity contribution in [3.63, 3.8) is 0 Å². The van der Waals surface area contributed by atoms with Gasteiger partial charge in [0.2, 0.25) is 17.5 Å². The molecule has 0 aliphatic carbocycles. The highest BCUT2D eigenvalue weighted by molar-refractivity contribution is 8.00. The van der Waals surface area contributed by atoms with Crippen LogP contribution in [0.5, 0.6) is 0 Å². The Morgan fingerprint density at radius 3 is 2.53 bits per heavy atom. The lowest BCUT2D eigenvalue weighted by Crippen LogP contribution is -2.37. The SMILES string of the molecule is CCC(Sc1c(=O)o[nH][n+]1-c1ccccc1)C(=O)Nc1ccc(-c2nc3ccccc3o2)cc1. The summed E-state index contributed by atoms with van der Waals surface area (Å²) in [6.45, 7) is 1.90. The zero-order chi connectivity index (χ0) is 23.5. The van der Waals surface area contributed by atoms with E-state index in [1.54, 1.807) is 12.1 Å². The second-order valence-electron chi connectivity index (χ2n) is 7.53. The van der Waals surface area contributed by atoms with Crippen LogP contribution < -0.4 is 15.6 Å². The van der Waals surface area contributed by atoms with Crippen LogP contribution in [0.2, 0.25) is 0 Å². The van der Waals surface area contributed by atoms with Crippen LogP contribution in [0.4, 0.5) is 5.69 Å². The Hall–Kier alpha value is -4.11. The molecule has 0 aliphatic rings. The van der Waals surface area contributed by atoms with Crippen LogP contribution >= 0.6 is 11.8 Å². The summed E-state index contributed by atoms with van der Waals surface area (Å²) in [5, 5.41) is 5.34. The van der Waals surface area contributed by atoms with Crippen molar-refractivity contribution >= 4 is 34.5 Å². The van der Waals surface area contributed by atoms with E-state index < -0.39 is 10.9 Å². The molecule has 3 aromatic carbocycles. The van der Waals surface area contributed by atoms with Gasteiger partial charge in [-0.05, 0) is 64.5 Å². The standard InChI is InChI=1S/C25H20N4O4S/c1-2-21(34-24-25(31)33-28-29(24)18-8-4-3-5-9-18)22(30)26-17-14-12-16(13-15-17)23-27-19-10-6-7-11-20(19)32-23/h3-15,21H,2H2,1H3,(H-,26,27,28,30,31)/p+1. The summed E-state index contributed by atoms with van der Waals surface area (Å²) in [4.78, 5) is 29.8. The van der Waals surface area contributed by atoms with E-state index in [1.165, 1.54) is 4.68 Å². The predicted octanol–water partition coefficient (Wildman–Crippen LogP) is 4.56. The van der Waals surface area contributed by atoms with Gasteiger partial charge in [0.1, 0.15) is 5.52 Å². The number of carbonyl (C=O) groups excluding carboxylic acids is 1. The number of aromatic amines is 1. The summed E-state index contributed by atoms with van der Waals surface area (Å²) in [6.07, 6.45) is 0.525. The highest BCUT2D eigenvalue weighted by Gasteiger charge is 2.30. The molecule has 0 spiro atoms. The molecule has 0 fully saturated rings. The number of nitrogens with one attached hydrogen (secondary N) is 2. The number of nitrogens with zero attached hydrogens (tertiary/aromatic N) is 2. The molecule has 9 heteroatoms. The molecule has 5 rings (SSSR count). The highest BCUT2D eigenvalue weighted by atomic mass is 32.2. The van der Waals surface area contributed by atoms with E-state index in [2.05, 4.69) is 15.6 Å². The van der Waals surface area contributed by atoms with Crippen LogP contribution in [0.3, 0.4) is 0 Å². The van der Waals surface area contributed by atoms with Crippen LogP contribution in [0, 0.1) is 0 Å². The molecule has 1 unspecified atom stereocenters. The van der Waals surface area contributed by atoms with Gasteiger partial charge in [-0.25, -0.2) is 9.78 Å². The van der Waals surface area contributed by atoms with Crippen LogP contribution in [0.15, 0.2) is 97.6 Å². The van der Waals surface area contributed by atoms with Crippen LogP contribution in [-0.2, 0) is 4.79 Å². The Balaban J connectivity index is 1.31. The zero-order valence-electron chi connectivity index (χ0n) is 18.2. The first-order valence-corrected chi connectivity index (χ1v) is 11.6. The van der Waals surface area contributed by atoms with Gasteiger partial charge in [-0.1, -0.05) is 37.3 Å². The van der Waals surface area contributed by atoms with Crippen LogP contribution in [0.1, 0.15) is 13.3 Å². The minimum Gasteiger partial charge on any atom is -0.436 e. The molecular weight excluding hydrogens is 452 g/mol. The molecule has 0 aliphatic heterocycles. The van der Waals surface area contributed by atoms with Gasteiger partial charge >= 0.3 is 10.7 Å². The van der Waals surface area contributed by atoms with Gasteiger partial charge in [0.05, 0.1) is 5.25 Å². The van der Waals surface area contributed by atoms with E-state index in [1.807, 2.05) is 73.7 Å². The molecule has 0 radical (unpaired) electrons. The van der Waals surface area contributed by atoms with Gasteiger partial charge in [-0.2, -0.15) is 0 Å². The van der Waals surface area contributed by atoms with Gasteiger partial charge < -0.3 is 9.73 Å². The third-order valence-electron chi connectivity index (χ3n) is 5.23. The van der Waals surface area contributed by atoms with Crippen molar-refractivity contribution < 1.29 is 18.4 Å². The lowest BCUT2D eigenvalue weighted by molar-refractivity contribution is -0.704. The second-order valence-corrected chi connectivity index (χ2v) is 8.72. The number of benzene rings is 3. The summed E-state index contributed by atoms with van der Waals surface area (Å²) >= 11 is 1.16. The topological polar surface area (TPSA) is 105 Å². The number of rotatable bonds is 7. The van der Waals surface area contributed by atoms with Gasteiger partial charge in [0.15, 0.2) is 5.58 Å². The Kier molecular flexibility index (Phi) is 6.01. The van der Waals surface area contributed by atoms with Crippen molar-refractivity contribution in [2.75, 3.05) is 5.32 Å². The average molecular weight is 474 g/mol. The van der Waals surface area contributed by atoms with Gasteiger partial charge in [-0.3, -0.25) is 9.32 Å². The van der Waals surface area contributed by atoms with Crippen LogP contribution in [-0.4, -0.2) is 21.4 Å². The van der Waals surface area contributed by atoms with Crippen molar-refractivity contribution in [2.45, 2.75) is 23.6 Å². The minimum atomic E-state index is -0.525. The fraction of sp³-hybridized carbons (Fsp3) is 0.120. The number of oxazole rings is 1. The molecule has 34 heavy (non-hydrogen) atoms. The Morgan fingerprint density at radius 1 is 1.06 bits per heavy atom. The van der Waals surface area contributed by atoms with E-state index in [4.69, 9.17) is 8.94 Å². The molecule has 1 amide bonds. The maximum atomic E-state index is 13.0. The summed E-state index contributed by atoms with van der Waals surface area (Å²) in [5.74, 6) is 0.313. The lowest BCUT2D eigenvalue weighted by Gasteiger charge is -2.12. The van der Waals surface area contributed by atoms with Gasteiger partial charge in [-0.15, -0.1) is 0 Å². The molecule has 0 saturated heterocycles. The minimum absolute atomic E-state index is 0.206. The number of aromatic nitrogens is 3. The fourth-order valence-corrected chi connectivity index (χ4v) is 4.47. The van der Waals surface area contributed by atoms with Crippen molar-refractivity contribution in [1.29, 1.82) is 0 Å². The predicted molar refractivity (Wildman–Crippen MR) is 129 cm³/mol. The number of thioether (sulfide) groups is 1. The number of carbonyl (C=O) groups is 1. The number of anilines is 1. The number of hydrogen-bond donors (Lipinski definition) is 2. The molecule has 2 aromatic heterocycles. The first-order valence-electron chi connectivity index (χ1n) is 10.7. The molecule has 1 atom stereocenters. The second kappa shape index (κ2) is 9.40. The van der Waals surface area contributed by atoms with Gasteiger partial charge in [0, 0.05) is 23.4 Å². The van der Waals surface area contributed by atoms with Gasteiger partial charge in [0.25, 0.3) is 0 Å². The summed E-state index contributed by atoms with van der Waals surface area (Å²) in [5.41, 5.74) is 3.17. The van der Waals surface area contributed by atoms with E-state index in [9.17, 15) is 9.59 Å². The normalized spacial score (nSPS) is 12.0. The third-order valence-corrected chi connectivity index (χ3v) is 6.64. The smallest absolute Gasteiger partial charge is 0.436 e. The highest BCUT2D eigenvalue weighted by Crippen LogP contribution is 2.26. The molecule has 0 saturated carbocycles. The van der Waals surface area contributed by atoms with Crippen molar-refractivity contribution in [1.82, 2.24) is 10.3 Å². The summed E-state index contributed by atoms with van der Waals surface area (Å²) in [7, 11) is 0. The van der Waals surface area contributed by atoms with E-state index in [0.29, 0.717) is 23.0 Å². The van der Waals surface area contributed by atoms with E-state index in [-0.39, 0.29) is 5.91 Å². The molecule has 5 aromatic rings. The van der Waals surface area contributed by atoms with Crippen molar-refractivity contribution in [3.05, 3.63) is 89.3 Å². The van der Waals surface area contributed by atoms with Crippen LogP contribution in [0.25, 0.3) is 28.2 Å². The maximum absolute atomic E-state index is 13.0. The Labute approximate surface area is 198 Å². The first-order chi connectivity index (χ1) is 16.6. The number of hydrogen-bond acceptors (Lipinski definition) is 6. The van der Waals surface area contributed by atoms with Crippen molar-refractivity contribution in [3.8, 4) is 17.1 Å². The monoisotopic (exact) mass is 473 g/mol. The van der Waals surface area contributed by atoms with Crippen molar-refractivity contribution in [2.24, 2.45) is 0 Å². The lowest BCUT2D eigenvalue weighted by atomic mass is 10.2. The number of H-pyrrole nitrogens is 1. The first kappa shape index (κ1) is 21.7. The number of fused-ring (bicyclic) bond motifs is 1. The quantitative estimate of drug-likeness (QED) is 0.265. The summed E-state index contributed by atoms with van der Waals surface area (Å²) in [6, 6.07) is 24.1. The molecule has 0 bridgehead atoms. The molecule has 2 N–H and O–H groups in total. The molecule has 170 valence electrons. The maximum Gasteiger partial charge on any atom is 0.442 e. The zero-order valence-corrected chi connectivity index (χ0v) is 19.0. The Bertz CT molecular complexity index is 1460. The van der Waals surface area contributed by atoms with E-state index >= 15 is 0 Å². The molecule has 2 heterocycles. The summed E-state index contributed by atoms with van der Waals surface area (Å²) < 4.78 is 12.3. The Morgan fingerprint density at radius 2 is 1.79 bits per heavy atom. The molecular formula is C25H21N4O4S+. The number of amides is 1. The number of para-hydroxylation sites is 3. The van der Waals surface area contributed by atoms with E-state index in [0.717, 1.165) is 34.1 Å².